The lowest BCUT2D eigenvalue weighted by Crippen LogP contribution is -2.43. The van der Waals surface area contributed by atoms with Crippen LogP contribution in [0.4, 0.5) is 11.4 Å². The molecular weight excluding hydrogens is 430 g/mol. The minimum absolute atomic E-state index is 0.0864. The van der Waals surface area contributed by atoms with Crippen molar-refractivity contribution in [3.8, 4) is 11.5 Å². The number of amides is 1. The van der Waals surface area contributed by atoms with Crippen LogP contribution in [0.3, 0.4) is 0 Å². The van der Waals surface area contributed by atoms with Gasteiger partial charge in [-0.1, -0.05) is 23.7 Å². The third kappa shape index (κ3) is 5.40. The highest BCUT2D eigenvalue weighted by atomic mass is 35.5. The van der Waals surface area contributed by atoms with Crippen molar-refractivity contribution in [2.24, 2.45) is 0 Å². The van der Waals surface area contributed by atoms with Crippen molar-refractivity contribution in [3.63, 3.8) is 0 Å². The molecule has 2 aromatic rings. The first kappa shape index (κ1) is 22.6. The van der Waals surface area contributed by atoms with E-state index in [-0.39, 0.29) is 12.5 Å². The molecule has 2 aliphatic rings. The maximum Gasteiger partial charge on any atom is 0.260 e. The van der Waals surface area contributed by atoms with E-state index >= 15 is 0 Å². The number of methoxy groups -OCH3 is 1. The first-order chi connectivity index (χ1) is 15.7. The van der Waals surface area contributed by atoms with Crippen molar-refractivity contribution in [2.45, 2.75) is 19.4 Å². The van der Waals surface area contributed by atoms with Crippen LogP contribution in [-0.4, -0.2) is 63.9 Å². The average Bonchev–Trinajstić information content (AvgIpc) is 3.37. The monoisotopic (exact) mass is 459 g/mol. The van der Waals surface area contributed by atoms with Gasteiger partial charge in [0.1, 0.15) is 0 Å². The number of para-hydroxylation sites is 2. The van der Waals surface area contributed by atoms with Gasteiger partial charge in [0.15, 0.2) is 18.1 Å². The molecule has 2 heterocycles. The molecule has 8 heteroatoms. The molecule has 0 aliphatic carbocycles. The Morgan fingerprint density at radius 3 is 2.62 bits per heavy atom. The summed E-state index contributed by atoms with van der Waals surface area (Å²) in [6.07, 6.45) is 2.47. The summed E-state index contributed by atoms with van der Waals surface area (Å²) in [6.45, 7) is 4.95. The largest absolute Gasteiger partial charge is 0.493 e. The Balaban J connectivity index is 1.41. The fourth-order valence-electron chi connectivity index (χ4n) is 4.11. The standard InChI is InChI=1S/C24H30ClN3O4/c1-30-22-15-18(16-26-20-6-2-3-7-21(20)27-8-4-5-9-27)14-19(25)24(22)32-17-23(29)28-10-12-31-13-11-28/h2-3,6-7,14-15,26H,4-5,8-13,16-17H2,1H3. The van der Waals surface area contributed by atoms with E-state index in [1.165, 1.54) is 18.5 Å². The van der Waals surface area contributed by atoms with Gasteiger partial charge in [0.05, 0.1) is 36.7 Å². The summed E-state index contributed by atoms with van der Waals surface area (Å²) >= 11 is 6.51. The Hall–Kier alpha value is -2.64. The third-order valence-corrected chi connectivity index (χ3v) is 6.11. The molecule has 2 saturated heterocycles. The fourth-order valence-corrected chi connectivity index (χ4v) is 4.40. The smallest absolute Gasteiger partial charge is 0.260 e. The Morgan fingerprint density at radius 1 is 1.12 bits per heavy atom. The maximum atomic E-state index is 12.4. The Bertz CT molecular complexity index is 927. The van der Waals surface area contributed by atoms with Gasteiger partial charge in [-0.3, -0.25) is 4.79 Å². The van der Waals surface area contributed by atoms with Gasteiger partial charge in [-0.15, -0.1) is 0 Å². The van der Waals surface area contributed by atoms with Gasteiger partial charge in [0, 0.05) is 32.7 Å². The van der Waals surface area contributed by atoms with Gasteiger partial charge in [0.25, 0.3) is 5.91 Å². The van der Waals surface area contributed by atoms with E-state index in [4.69, 9.17) is 25.8 Å². The number of nitrogens with one attached hydrogen (secondary N) is 1. The third-order valence-electron chi connectivity index (χ3n) is 5.83. The normalized spacial score (nSPS) is 16.2. The van der Waals surface area contributed by atoms with Gasteiger partial charge in [-0.05, 0) is 42.7 Å². The summed E-state index contributed by atoms with van der Waals surface area (Å²) in [4.78, 5) is 16.5. The number of ether oxygens (including phenoxy) is 3. The summed E-state index contributed by atoms with van der Waals surface area (Å²) in [6, 6.07) is 12.1. The Labute approximate surface area is 194 Å². The Morgan fingerprint density at radius 2 is 1.88 bits per heavy atom. The number of rotatable bonds is 8. The second kappa shape index (κ2) is 10.8. The number of morpholine rings is 1. The molecule has 0 aromatic heterocycles. The van der Waals surface area contributed by atoms with Crippen molar-refractivity contribution in [3.05, 3.63) is 47.0 Å². The van der Waals surface area contributed by atoms with E-state index < -0.39 is 0 Å². The van der Waals surface area contributed by atoms with Crippen LogP contribution in [0.5, 0.6) is 11.5 Å². The molecular formula is C24H30ClN3O4. The van der Waals surface area contributed by atoms with Crippen LogP contribution in [0.15, 0.2) is 36.4 Å². The highest BCUT2D eigenvalue weighted by molar-refractivity contribution is 6.32. The molecule has 2 fully saturated rings. The molecule has 1 amide bonds. The number of carbonyl (C=O) groups excluding carboxylic acids is 1. The van der Waals surface area contributed by atoms with E-state index in [0.717, 1.165) is 24.3 Å². The summed E-state index contributed by atoms with van der Waals surface area (Å²) in [5.74, 6) is 0.810. The molecule has 0 unspecified atom stereocenters. The van der Waals surface area contributed by atoms with Crippen molar-refractivity contribution in [2.75, 3.05) is 63.3 Å². The van der Waals surface area contributed by atoms with Crippen LogP contribution in [0.1, 0.15) is 18.4 Å². The molecule has 1 N–H and O–H groups in total. The minimum Gasteiger partial charge on any atom is -0.493 e. The minimum atomic E-state index is -0.0873. The number of anilines is 2. The molecule has 172 valence electrons. The van der Waals surface area contributed by atoms with Crippen molar-refractivity contribution in [1.29, 1.82) is 0 Å². The summed E-state index contributed by atoms with van der Waals surface area (Å²) < 4.78 is 16.6. The molecule has 0 saturated carbocycles. The van der Waals surface area contributed by atoms with E-state index in [0.29, 0.717) is 49.4 Å². The molecule has 2 aliphatic heterocycles. The van der Waals surface area contributed by atoms with Gasteiger partial charge in [-0.25, -0.2) is 0 Å². The highest BCUT2D eigenvalue weighted by Crippen LogP contribution is 2.37. The van der Waals surface area contributed by atoms with Gasteiger partial charge in [0.2, 0.25) is 0 Å². The maximum absolute atomic E-state index is 12.4. The predicted octanol–water partition coefficient (Wildman–Crippen LogP) is 3.80. The number of hydrogen-bond acceptors (Lipinski definition) is 6. The topological polar surface area (TPSA) is 63.3 Å². The highest BCUT2D eigenvalue weighted by Gasteiger charge is 2.20. The second-order valence-electron chi connectivity index (χ2n) is 7.96. The zero-order valence-electron chi connectivity index (χ0n) is 18.4. The molecule has 7 nitrogen and oxygen atoms in total. The second-order valence-corrected chi connectivity index (χ2v) is 8.36. The molecule has 32 heavy (non-hydrogen) atoms. The number of benzene rings is 2. The van der Waals surface area contributed by atoms with Crippen LogP contribution in [-0.2, 0) is 16.1 Å². The first-order valence-electron chi connectivity index (χ1n) is 11.1. The van der Waals surface area contributed by atoms with E-state index in [9.17, 15) is 4.79 Å². The first-order valence-corrected chi connectivity index (χ1v) is 11.5. The predicted molar refractivity (Wildman–Crippen MR) is 126 cm³/mol. The molecule has 0 radical (unpaired) electrons. The summed E-state index contributed by atoms with van der Waals surface area (Å²) in [7, 11) is 1.57. The van der Waals surface area contributed by atoms with Gasteiger partial charge < -0.3 is 29.3 Å². The average molecular weight is 460 g/mol. The number of carbonyl (C=O) groups is 1. The zero-order chi connectivity index (χ0) is 22.3. The lowest BCUT2D eigenvalue weighted by molar-refractivity contribution is -0.137. The van der Waals surface area contributed by atoms with Crippen LogP contribution >= 0.6 is 11.6 Å². The molecule has 4 rings (SSSR count). The number of hydrogen-bond donors (Lipinski definition) is 1. The zero-order valence-corrected chi connectivity index (χ0v) is 19.2. The van der Waals surface area contributed by atoms with Crippen LogP contribution in [0.2, 0.25) is 5.02 Å². The number of nitrogens with zero attached hydrogens (tertiary/aromatic N) is 2. The number of halogens is 1. The molecule has 0 spiro atoms. The lowest BCUT2D eigenvalue weighted by atomic mass is 10.1. The van der Waals surface area contributed by atoms with Crippen molar-refractivity contribution >= 4 is 28.9 Å². The van der Waals surface area contributed by atoms with Crippen LogP contribution in [0.25, 0.3) is 0 Å². The van der Waals surface area contributed by atoms with Crippen LogP contribution in [0, 0.1) is 0 Å². The lowest BCUT2D eigenvalue weighted by Gasteiger charge is -2.27. The van der Waals surface area contributed by atoms with Crippen LogP contribution < -0.4 is 19.7 Å². The van der Waals surface area contributed by atoms with Gasteiger partial charge >= 0.3 is 0 Å². The Kier molecular flexibility index (Phi) is 7.60. The van der Waals surface area contributed by atoms with Crippen molar-refractivity contribution in [1.82, 2.24) is 4.90 Å². The van der Waals surface area contributed by atoms with Crippen molar-refractivity contribution < 1.29 is 19.0 Å². The van der Waals surface area contributed by atoms with E-state index in [2.05, 4.69) is 28.4 Å². The van der Waals surface area contributed by atoms with E-state index in [1.807, 2.05) is 18.2 Å². The SMILES string of the molecule is COc1cc(CNc2ccccc2N2CCCC2)cc(Cl)c1OCC(=O)N1CCOCC1. The quantitative estimate of drug-likeness (QED) is 0.648. The van der Waals surface area contributed by atoms with E-state index in [1.54, 1.807) is 12.0 Å². The van der Waals surface area contributed by atoms with Gasteiger partial charge in [-0.2, -0.15) is 0 Å². The molecule has 0 atom stereocenters. The summed E-state index contributed by atoms with van der Waals surface area (Å²) in [5.41, 5.74) is 3.29. The fraction of sp³-hybridized carbons (Fsp3) is 0.458. The molecule has 2 aromatic carbocycles. The summed E-state index contributed by atoms with van der Waals surface area (Å²) in [5, 5.41) is 3.95. The molecule has 0 bridgehead atoms.